The number of nitrogens with one attached hydrogen (secondary N) is 2. The largest absolute Gasteiger partial charge is 0.350 e. The van der Waals surface area contributed by atoms with Gasteiger partial charge in [-0.15, -0.1) is 0 Å². The van der Waals surface area contributed by atoms with Gasteiger partial charge in [0.2, 0.25) is 5.95 Å². The number of H-pyrrole nitrogens is 1. The number of anilines is 2. The average Bonchev–Trinajstić information content (AvgIpc) is 3.16. The Morgan fingerprint density at radius 2 is 2.13 bits per heavy atom. The third-order valence-corrected chi connectivity index (χ3v) is 5.40. The minimum atomic E-state index is 0.0711. The minimum Gasteiger partial charge on any atom is -0.350 e. The van der Waals surface area contributed by atoms with Gasteiger partial charge in [-0.25, -0.2) is 9.97 Å². The molecular formula is C24H28N6O. The molecule has 1 aliphatic heterocycles. The van der Waals surface area contributed by atoms with E-state index in [2.05, 4.69) is 45.2 Å². The highest BCUT2D eigenvalue weighted by molar-refractivity contribution is 6.00. The standard InChI is InChI=1S/C24H28N6O/c1-4-8-19(25-6-3)20-9-10-26-24(29-20)27-18-13-16(5-2)22-17(14-18)15-21(28-22)23(31)30-11-7-12-30/h6,8-10,13-15,28H,4-5,7,11-12H2,1-3H3,(H,26,27,29)/b19-8-,25-6-. The molecule has 2 aromatic heterocycles. The van der Waals surface area contributed by atoms with Crippen LogP contribution in [0.4, 0.5) is 11.6 Å². The first-order valence-corrected chi connectivity index (χ1v) is 10.9. The minimum absolute atomic E-state index is 0.0711. The van der Waals surface area contributed by atoms with Crippen molar-refractivity contribution in [3.8, 4) is 0 Å². The molecule has 1 fully saturated rings. The summed E-state index contributed by atoms with van der Waals surface area (Å²) in [5, 5.41) is 4.33. The number of aromatic amines is 1. The lowest BCUT2D eigenvalue weighted by Crippen LogP contribution is -2.42. The van der Waals surface area contributed by atoms with Crippen molar-refractivity contribution in [2.24, 2.45) is 4.99 Å². The fraction of sp³-hybridized carbons (Fsp3) is 0.333. The third-order valence-electron chi connectivity index (χ3n) is 5.40. The van der Waals surface area contributed by atoms with Gasteiger partial charge in [0, 0.05) is 42.1 Å². The van der Waals surface area contributed by atoms with E-state index in [1.165, 1.54) is 0 Å². The lowest BCUT2D eigenvalue weighted by Gasteiger charge is -2.30. The van der Waals surface area contributed by atoms with E-state index < -0.39 is 0 Å². The van der Waals surface area contributed by atoms with Crippen LogP contribution >= 0.6 is 0 Å². The highest BCUT2D eigenvalue weighted by Crippen LogP contribution is 2.28. The number of allylic oxidation sites excluding steroid dienone is 1. The Morgan fingerprint density at radius 3 is 2.81 bits per heavy atom. The summed E-state index contributed by atoms with van der Waals surface area (Å²) in [6.07, 6.45) is 8.35. The zero-order valence-electron chi connectivity index (χ0n) is 18.3. The molecule has 1 amide bonds. The molecule has 3 heterocycles. The SMILES string of the molecule is C/C=N\C(=C/CC)c1ccnc(Nc2cc(CC)c3[nH]c(C(=O)N4CCC4)cc3c2)n1. The topological polar surface area (TPSA) is 86.3 Å². The summed E-state index contributed by atoms with van der Waals surface area (Å²) >= 11 is 0. The fourth-order valence-electron chi connectivity index (χ4n) is 3.72. The zero-order chi connectivity index (χ0) is 21.8. The molecule has 1 saturated heterocycles. The van der Waals surface area contributed by atoms with E-state index in [1.807, 2.05) is 36.1 Å². The van der Waals surface area contributed by atoms with E-state index in [9.17, 15) is 4.79 Å². The molecule has 0 aliphatic carbocycles. The Bertz CT molecular complexity index is 1160. The van der Waals surface area contributed by atoms with E-state index in [0.717, 1.165) is 65.9 Å². The first-order chi connectivity index (χ1) is 15.1. The molecule has 0 radical (unpaired) electrons. The average molecular weight is 417 g/mol. The number of rotatable bonds is 7. The predicted molar refractivity (Wildman–Crippen MR) is 126 cm³/mol. The number of hydrogen-bond acceptors (Lipinski definition) is 5. The van der Waals surface area contributed by atoms with Gasteiger partial charge in [-0.05, 0) is 56.0 Å². The molecule has 0 saturated carbocycles. The molecule has 7 heteroatoms. The van der Waals surface area contributed by atoms with Gasteiger partial charge in [-0.1, -0.05) is 19.9 Å². The van der Waals surface area contributed by atoms with Crippen LogP contribution in [-0.4, -0.2) is 45.1 Å². The maximum Gasteiger partial charge on any atom is 0.270 e. The smallest absolute Gasteiger partial charge is 0.270 e. The van der Waals surface area contributed by atoms with Gasteiger partial charge in [0.05, 0.1) is 11.4 Å². The van der Waals surface area contributed by atoms with Crippen molar-refractivity contribution in [2.75, 3.05) is 18.4 Å². The van der Waals surface area contributed by atoms with Crippen molar-refractivity contribution < 1.29 is 4.79 Å². The highest BCUT2D eigenvalue weighted by atomic mass is 16.2. The van der Waals surface area contributed by atoms with E-state index >= 15 is 0 Å². The zero-order valence-corrected chi connectivity index (χ0v) is 18.3. The van der Waals surface area contributed by atoms with Crippen molar-refractivity contribution in [1.29, 1.82) is 0 Å². The Hall–Kier alpha value is -3.48. The maximum atomic E-state index is 12.6. The molecule has 0 bridgehead atoms. The summed E-state index contributed by atoms with van der Waals surface area (Å²) in [6.45, 7) is 7.75. The molecule has 3 aromatic rings. The van der Waals surface area contributed by atoms with Crippen LogP contribution in [0.15, 0.2) is 41.5 Å². The molecular weight excluding hydrogens is 388 g/mol. The van der Waals surface area contributed by atoms with Crippen LogP contribution in [0.25, 0.3) is 16.6 Å². The van der Waals surface area contributed by atoms with E-state index in [0.29, 0.717) is 11.6 Å². The summed E-state index contributed by atoms with van der Waals surface area (Å²) in [6, 6.07) is 7.91. The molecule has 1 aliphatic rings. The predicted octanol–water partition coefficient (Wildman–Crippen LogP) is 4.95. The summed E-state index contributed by atoms with van der Waals surface area (Å²) in [5.74, 6) is 0.585. The van der Waals surface area contributed by atoms with Crippen molar-refractivity contribution in [1.82, 2.24) is 19.9 Å². The number of aromatic nitrogens is 3. The molecule has 0 atom stereocenters. The van der Waals surface area contributed by atoms with Gasteiger partial charge in [0.15, 0.2) is 0 Å². The highest BCUT2D eigenvalue weighted by Gasteiger charge is 2.23. The molecule has 0 unspecified atom stereocenters. The number of amides is 1. The van der Waals surface area contributed by atoms with Gasteiger partial charge in [0.25, 0.3) is 5.91 Å². The van der Waals surface area contributed by atoms with E-state index in [4.69, 9.17) is 0 Å². The number of likely N-dealkylation sites (tertiary alicyclic amines) is 1. The van der Waals surface area contributed by atoms with Crippen LogP contribution in [0.1, 0.15) is 55.4 Å². The lowest BCUT2D eigenvalue weighted by molar-refractivity contribution is 0.0646. The van der Waals surface area contributed by atoms with Crippen molar-refractivity contribution in [3.05, 3.63) is 53.5 Å². The van der Waals surface area contributed by atoms with Crippen molar-refractivity contribution in [3.63, 3.8) is 0 Å². The van der Waals surface area contributed by atoms with Gasteiger partial charge in [0.1, 0.15) is 5.69 Å². The van der Waals surface area contributed by atoms with Crippen LogP contribution in [0.2, 0.25) is 0 Å². The molecule has 0 spiro atoms. The van der Waals surface area contributed by atoms with Crippen LogP contribution in [-0.2, 0) is 6.42 Å². The van der Waals surface area contributed by atoms with Crippen LogP contribution < -0.4 is 5.32 Å². The number of fused-ring (bicyclic) bond motifs is 1. The Kier molecular flexibility index (Phi) is 6.11. The van der Waals surface area contributed by atoms with Gasteiger partial charge < -0.3 is 15.2 Å². The third kappa shape index (κ3) is 4.35. The van der Waals surface area contributed by atoms with Crippen molar-refractivity contribution >= 4 is 40.4 Å². The first-order valence-electron chi connectivity index (χ1n) is 10.9. The molecule has 4 rings (SSSR count). The number of aliphatic imine (C=N–C) groups is 1. The second-order valence-electron chi connectivity index (χ2n) is 7.56. The molecule has 160 valence electrons. The summed E-state index contributed by atoms with van der Waals surface area (Å²) in [7, 11) is 0. The normalized spacial score (nSPS) is 14.3. The van der Waals surface area contributed by atoms with E-state index in [-0.39, 0.29) is 5.91 Å². The summed E-state index contributed by atoms with van der Waals surface area (Å²) in [5.41, 5.74) is 5.30. The monoisotopic (exact) mass is 416 g/mol. The van der Waals surface area contributed by atoms with Crippen molar-refractivity contribution in [2.45, 2.75) is 40.0 Å². The molecule has 7 nitrogen and oxygen atoms in total. The number of aryl methyl sites for hydroxylation is 1. The number of benzene rings is 1. The lowest BCUT2D eigenvalue weighted by atomic mass is 10.1. The second-order valence-corrected chi connectivity index (χ2v) is 7.56. The van der Waals surface area contributed by atoms with E-state index in [1.54, 1.807) is 12.4 Å². The Morgan fingerprint density at radius 1 is 1.29 bits per heavy atom. The van der Waals surface area contributed by atoms with Crippen LogP contribution in [0.3, 0.4) is 0 Å². The Labute approximate surface area is 182 Å². The quantitative estimate of drug-likeness (QED) is 0.534. The molecule has 1 aromatic carbocycles. The number of hydrogen-bond donors (Lipinski definition) is 2. The number of nitrogens with zero attached hydrogens (tertiary/aromatic N) is 4. The molecule has 31 heavy (non-hydrogen) atoms. The van der Waals surface area contributed by atoms with Crippen LogP contribution in [0, 0.1) is 0 Å². The molecule has 2 N–H and O–H groups in total. The number of carbonyl (C=O) groups excluding carboxylic acids is 1. The Balaban J connectivity index is 1.65. The second kappa shape index (κ2) is 9.12. The summed E-state index contributed by atoms with van der Waals surface area (Å²) < 4.78 is 0. The fourth-order valence-corrected chi connectivity index (χ4v) is 3.72. The summed E-state index contributed by atoms with van der Waals surface area (Å²) in [4.78, 5) is 31.3. The van der Waals surface area contributed by atoms with Gasteiger partial charge in [-0.3, -0.25) is 9.79 Å². The van der Waals surface area contributed by atoms with Gasteiger partial charge >= 0.3 is 0 Å². The maximum absolute atomic E-state index is 12.6. The number of carbonyl (C=O) groups is 1. The first kappa shape index (κ1) is 20.8. The van der Waals surface area contributed by atoms with Gasteiger partial charge in [-0.2, -0.15) is 0 Å². The van der Waals surface area contributed by atoms with Crippen LogP contribution in [0.5, 0.6) is 0 Å².